The molecule has 8 nitrogen and oxygen atoms in total. The number of nitrogens with one attached hydrogen (secondary N) is 1. The number of carbonyl (C=O) groups excluding carboxylic acids is 2. The maximum atomic E-state index is 12.7. The lowest BCUT2D eigenvalue weighted by Crippen LogP contribution is -2.50. The van der Waals surface area contributed by atoms with Crippen LogP contribution < -0.4 is 10.2 Å². The first-order valence-electron chi connectivity index (χ1n) is 9.43. The number of nitrogens with zero attached hydrogens (tertiary/aromatic N) is 3. The highest BCUT2D eigenvalue weighted by Crippen LogP contribution is 2.30. The zero-order valence-corrected chi connectivity index (χ0v) is 15.2. The molecule has 0 aromatic heterocycles. The molecule has 2 saturated heterocycles. The largest absolute Gasteiger partial charge is 0.480 e. The lowest BCUT2D eigenvalue weighted by atomic mass is 10.1. The van der Waals surface area contributed by atoms with Crippen molar-refractivity contribution in [3.63, 3.8) is 0 Å². The van der Waals surface area contributed by atoms with Crippen molar-refractivity contribution in [1.29, 1.82) is 0 Å². The van der Waals surface area contributed by atoms with Gasteiger partial charge < -0.3 is 20.2 Å². The molecule has 0 spiro atoms. The second-order valence-electron chi connectivity index (χ2n) is 7.38. The molecule has 3 heterocycles. The van der Waals surface area contributed by atoms with Gasteiger partial charge in [0.05, 0.1) is 6.54 Å². The van der Waals surface area contributed by atoms with Gasteiger partial charge in [-0.1, -0.05) is 0 Å². The van der Waals surface area contributed by atoms with Gasteiger partial charge in [0, 0.05) is 50.5 Å². The van der Waals surface area contributed by atoms with Gasteiger partial charge in [0.25, 0.3) is 5.91 Å². The molecule has 4 rings (SSSR count). The van der Waals surface area contributed by atoms with Crippen molar-refractivity contribution in [3.8, 4) is 0 Å². The predicted octanol–water partition coefficient (Wildman–Crippen LogP) is 0.128. The van der Waals surface area contributed by atoms with E-state index in [9.17, 15) is 14.4 Å². The maximum absolute atomic E-state index is 12.7. The summed E-state index contributed by atoms with van der Waals surface area (Å²) in [4.78, 5) is 41.6. The molecule has 2 N–H and O–H groups in total. The summed E-state index contributed by atoms with van der Waals surface area (Å²) in [5, 5.41) is 11.8. The SMILES string of the molecule is O=C(O)CN1CCN(c2ccc3c(c2)CN(C2CCCNC2=O)C3=O)CC1. The second-order valence-corrected chi connectivity index (χ2v) is 7.38. The van der Waals surface area contributed by atoms with Crippen LogP contribution in [0.3, 0.4) is 0 Å². The summed E-state index contributed by atoms with van der Waals surface area (Å²) < 4.78 is 0. The van der Waals surface area contributed by atoms with Crippen LogP contribution in [0.25, 0.3) is 0 Å². The van der Waals surface area contributed by atoms with Gasteiger partial charge in [0.15, 0.2) is 0 Å². The van der Waals surface area contributed by atoms with E-state index >= 15 is 0 Å². The first-order valence-corrected chi connectivity index (χ1v) is 9.43. The van der Waals surface area contributed by atoms with Gasteiger partial charge >= 0.3 is 5.97 Å². The third-order valence-electron chi connectivity index (χ3n) is 5.65. The smallest absolute Gasteiger partial charge is 0.317 e. The van der Waals surface area contributed by atoms with Gasteiger partial charge in [0.1, 0.15) is 6.04 Å². The third-order valence-corrected chi connectivity index (χ3v) is 5.65. The van der Waals surface area contributed by atoms with Gasteiger partial charge in [-0.05, 0) is 36.6 Å². The molecule has 1 aromatic carbocycles. The zero-order valence-electron chi connectivity index (χ0n) is 15.2. The second kappa shape index (κ2) is 7.19. The molecule has 1 atom stereocenters. The van der Waals surface area contributed by atoms with Crippen LogP contribution in [0, 0.1) is 0 Å². The average Bonchev–Trinajstić information content (AvgIpc) is 2.98. The number of piperazine rings is 1. The Morgan fingerprint density at radius 2 is 1.96 bits per heavy atom. The van der Waals surface area contributed by atoms with Crippen LogP contribution in [-0.2, 0) is 16.1 Å². The molecule has 3 aliphatic heterocycles. The Kier molecular flexibility index (Phi) is 4.73. The van der Waals surface area contributed by atoms with Crippen molar-refractivity contribution in [2.24, 2.45) is 0 Å². The van der Waals surface area contributed by atoms with E-state index in [0.29, 0.717) is 38.2 Å². The van der Waals surface area contributed by atoms with Crippen LogP contribution >= 0.6 is 0 Å². The molecule has 3 aliphatic rings. The van der Waals surface area contributed by atoms with E-state index in [2.05, 4.69) is 10.2 Å². The van der Waals surface area contributed by atoms with Crippen LogP contribution in [0.4, 0.5) is 5.69 Å². The molecule has 27 heavy (non-hydrogen) atoms. The fraction of sp³-hybridized carbons (Fsp3) is 0.526. The number of rotatable bonds is 4. The Bertz CT molecular complexity index is 773. The van der Waals surface area contributed by atoms with Crippen molar-refractivity contribution >= 4 is 23.5 Å². The number of hydrogen-bond acceptors (Lipinski definition) is 5. The van der Waals surface area contributed by atoms with Gasteiger partial charge in [0.2, 0.25) is 5.91 Å². The number of aliphatic carboxylic acids is 1. The molecule has 1 unspecified atom stereocenters. The molecule has 0 saturated carbocycles. The summed E-state index contributed by atoms with van der Waals surface area (Å²) in [6, 6.07) is 5.48. The normalized spacial score (nSPS) is 23.3. The van der Waals surface area contributed by atoms with Crippen molar-refractivity contribution in [2.45, 2.75) is 25.4 Å². The average molecular weight is 372 g/mol. The summed E-state index contributed by atoms with van der Waals surface area (Å²) >= 11 is 0. The fourth-order valence-electron chi connectivity index (χ4n) is 4.19. The first kappa shape index (κ1) is 17.8. The molecule has 1 aromatic rings. The van der Waals surface area contributed by atoms with Crippen LogP contribution in [0.1, 0.15) is 28.8 Å². The first-order chi connectivity index (χ1) is 13.0. The molecule has 0 bridgehead atoms. The number of benzene rings is 1. The minimum atomic E-state index is -0.800. The lowest BCUT2D eigenvalue weighted by Gasteiger charge is -2.35. The van der Waals surface area contributed by atoms with E-state index in [1.807, 2.05) is 23.1 Å². The quantitative estimate of drug-likeness (QED) is 0.780. The maximum Gasteiger partial charge on any atom is 0.317 e. The number of amides is 2. The van der Waals surface area contributed by atoms with E-state index in [1.165, 1.54) is 0 Å². The lowest BCUT2D eigenvalue weighted by molar-refractivity contribution is -0.138. The fourth-order valence-corrected chi connectivity index (χ4v) is 4.19. The molecule has 2 amide bonds. The molecular weight excluding hydrogens is 348 g/mol. The van der Waals surface area contributed by atoms with Crippen LogP contribution in [0.5, 0.6) is 0 Å². The highest BCUT2D eigenvalue weighted by atomic mass is 16.4. The number of piperidine rings is 1. The highest BCUT2D eigenvalue weighted by Gasteiger charge is 2.37. The van der Waals surface area contributed by atoms with Gasteiger partial charge in [-0.3, -0.25) is 19.3 Å². The number of carboxylic acid groups (broad SMARTS) is 1. The number of carbonyl (C=O) groups is 3. The minimum Gasteiger partial charge on any atom is -0.480 e. The molecule has 144 valence electrons. The summed E-state index contributed by atoms with van der Waals surface area (Å²) in [6.07, 6.45) is 1.60. The Morgan fingerprint density at radius 1 is 1.19 bits per heavy atom. The Hall–Kier alpha value is -2.61. The zero-order chi connectivity index (χ0) is 19.0. The van der Waals surface area contributed by atoms with E-state index in [0.717, 1.165) is 30.8 Å². The summed E-state index contributed by atoms with van der Waals surface area (Å²) in [6.45, 7) is 4.16. The molecule has 8 heteroatoms. The highest BCUT2D eigenvalue weighted by molar-refractivity contribution is 6.01. The van der Waals surface area contributed by atoms with Crippen molar-refractivity contribution in [1.82, 2.24) is 15.1 Å². The molecule has 0 radical (unpaired) electrons. The van der Waals surface area contributed by atoms with Crippen LogP contribution in [0.15, 0.2) is 18.2 Å². The monoisotopic (exact) mass is 372 g/mol. The van der Waals surface area contributed by atoms with Crippen LogP contribution in [0.2, 0.25) is 0 Å². The van der Waals surface area contributed by atoms with Crippen LogP contribution in [-0.4, -0.2) is 78.0 Å². The third kappa shape index (κ3) is 3.49. The number of fused-ring (bicyclic) bond motifs is 1. The topological polar surface area (TPSA) is 93.2 Å². The predicted molar refractivity (Wildman–Crippen MR) is 98.6 cm³/mol. The van der Waals surface area contributed by atoms with Gasteiger partial charge in [-0.2, -0.15) is 0 Å². The van der Waals surface area contributed by atoms with E-state index in [4.69, 9.17) is 5.11 Å². The molecule has 2 fully saturated rings. The summed E-state index contributed by atoms with van der Waals surface area (Å²) in [7, 11) is 0. The Morgan fingerprint density at radius 3 is 2.67 bits per heavy atom. The van der Waals surface area contributed by atoms with Crippen molar-refractivity contribution < 1.29 is 19.5 Å². The number of hydrogen-bond donors (Lipinski definition) is 2. The van der Waals surface area contributed by atoms with Gasteiger partial charge in [-0.15, -0.1) is 0 Å². The minimum absolute atomic E-state index is 0.0582. The molecular formula is C19H24N4O4. The number of carboxylic acids is 1. The summed E-state index contributed by atoms with van der Waals surface area (Å²) in [5.41, 5.74) is 2.69. The summed E-state index contributed by atoms with van der Waals surface area (Å²) in [5.74, 6) is -0.923. The van der Waals surface area contributed by atoms with E-state index in [-0.39, 0.29) is 24.4 Å². The Balaban J connectivity index is 1.45. The van der Waals surface area contributed by atoms with E-state index < -0.39 is 5.97 Å². The van der Waals surface area contributed by atoms with Crippen molar-refractivity contribution in [2.75, 3.05) is 44.2 Å². The van der Waals surface area contributed by atoms with E-state index in [1.54, 1.807) is 4.90 Å². The van der Waals surface area contributed by atoms with Gasteiger partial charge in [-0.25, -0.2) is 0 Å². The Labute approximate surface area is 157 Å². The van der Waals surface area contributed by atoms with Crippen molar-refractivity contribution in [3.05, 3.63) is 29.3 Å². The molecule has 0 aliphatic carbocycles. The standard InChI is InChI=1S/C19H24N4O4/c24-17(25)12-21-6-8-22(9-7-21)14-3-4-15-13(10-14)11-23(19(15)27)16-2-1-5-20-18(16)26/h3-4,10,16H,1-2,5-9,11-12H2,(H,20,26)(H,24,25). The number of anilines is 1.